The standard InChI is InChI=1S/C21H24N2O5/c1-15(24)28-19-5-3-4-17(14-19)21(26)23-13-12-22-20(25)11-8-16-6-9-18(27-2)10-7-16/h3-7,9-10,14H,8,11-13H2,1-2H3,(H,22,25)(H,23,26). The second-order valence-corrected chi connectivity index (χ2v) is 6.08. The minimum atomic E-state index is -0.449. The third-order valence-electron chi connectivity index (χ3n) is 3.89. The molecule has 2 aromatic rings. The summed E-state index contributed by atoms with van der Waals surface area (Å²) in [6.45, 7) is 1.92. The van der Waals surface area contributed by atoms with Crippen LogP contribution in [0, 0.1) is 0 Å². The smallest absolute Gasteiger partial charge is 0.308 e. The van der Waals surface area contributed by atoms with Crippen molar-refractivity contribution in [1.29, 1.82) is 0 Å². The molecule has 0 radical (unpaired) electrons. The Morgan fingerprint density at radius 1 is 0.929 bits per heavy atom. The van der Waals surface area contributed by atoms with Gasteiger partial charge in [-0.15, -0.1) is 0 Å². The predicted molar refractivity (Wildman–Crippen MR) is 104 cm³/mol. The van der Waals surface area contributed by atoms with Crippen molar-refractivity contribution >= 4 is 17.8 Å². The number of esters is 1. The first-order valence-electron chi connectivity index (χ1n) is 8.94. The minimum absolute atomic E-state index is 0.0816. The molecule has 0 atom stereocenters. The van der Waals surface area contributed by atoms with Crippen molar-refractivity contribution in [2.75, 3.05) is 20.2 Å². The largest absolute Gasteiger partial charge is 0.497 e. The zero-order valence-corrected chi connectivity index (χ0v) is 16.0. The first-order chi connectivity index (χ1) is 13.5. The highest BCUT2D eigenvalue weighted by Crippen LogP contribution is 2.14. The van der Waals surface area contributed by atoms with Gasteiger partial charge >= 0.3 is 5.97 Å². The molecule has 0 saturated carbocycles. The number of rotatable bonds is 9. The van der Waals surface area contributed by atoms with Gasteiger partial charge in [0.15, 0.2) is 0 Å². The molecule has 0 aliphatic carbocycles. The van der Waals surface area contributed by atoms with Gasteiger partial charge in [-0.3, -0.25) is 14.4 Å². The molecule has 0 bridgehead atoms. The highest BCUT2D eigenvalue weighted by Gasteiger charge is 2.08. The third kappa shape index (κ3) is 7.11. The molecule has 0 aliphatic rings. The van der Waals surface area contributed by atoms with Crippen LogP contribution >= 0.6 is 0 Å². The summed E-state index contributed by atoms with van der Waals surface area (Å²) in [5.74, 6) is 0.257. The van der Waals surface area contributed by atoms with Crippen LogP contribution in [0.1, 0.15) is 29.3 Å². The van der Waals surface area contributed by atoms with E-state index >= 15 is 0 Å². The lowest BCUT2D eigenvalue weighted by Gasteiger charge is -2.08. The Kier molecular flexibility index (Phi) is 8.02. The summed E-state index contributed by atoms with van der Waals surface area (Å²) in [5.41, 5.74) is 1.43. The van der Waals surface area contributed by atoms with E-state index in [-0.39, 0.29) is 11.8 Å². The van der Waals surface area contributed by atoms with E-state index < -0.39 is 5.97 Å². The maximum Gasteiger partial charge on any atom is 0.308 e. The number of aryl methyl sites for hydroxylation is 1. The van der Waals surface area contributed by atoms with E-state index in [1.807, 2.05) is 24.3 Å². The molecule has 28 heavy (non-hydrogen) atoms. The lowest BCUT2D eigenvalue weighted by molar-refractivity contribution is -0.131. The lowest BCUT2D eigenvalue weighted by atomic mass is 10.1. The number of hydrogen-bond donors (Lipinski definition) is 2. The van der Waals surface area contributed by atoms with Crippen LogP contribution in [-0.2, 0) is 16.0 Å². The van der Waals surface area contributed by atoms with Gasteiger partial charge in [-0.25, -0.2) is 0 Å². The fraction of sp³-hybridized carbons (Fsp3) is 0.286. The highest BCUT2D eigenvalue weighted by atomic mass is 16.5. The van der Waals surface area contributed by atoms with E-state index in [9.17, 15) is 14.4 Å². The molecule has 0 saturated heterocycles. The van der Waals surface area contributed by atoms with Crippen LogP contribution in [0.25, 0.3) is 0 Å². The quantitative estimate of drug-likeness (QED) is 0.392. The molecule has 0 aliphatic heterocycles. The van der Waals surface area contributed by atoms with Crippen LogP contribution in [-0.4, -0.2) is 38.0 Å². The third-order valence-corrected chi connectivity index (χ3v) is 3.89. The minimum Gasteiger partial charge on any atom is -0.497 e. The summed E-state index contributed by atoms with van der Waals surface area (Å²) in [6, 6.07) is 13.9. The van der Waals surface area contributed by atoms with Crippen LogP contribution < -0.4 is 20.1 Å². The van der Waals surface area contributed by atoms with E-state index in [0.29, 0.717) is 37.2 Å². The van der Waals surface area contributed by atoms with Gasteiger partial charge in [0.05, 0.1) is 7.11 Å². The molecule has 2 amide bonds. The van der Waals surface area contributed by atoms with Gasteiger partial charge in [0.1, 0.15) is 11.5 Å². The maximum absolute atomic E-state index is 12.1. The average Bonchev–Trinajstić information content (AvgIpc) is 2.69. The fourth-order valence-electron chi connectivity index (χ4n) is 2.49. The van der Waals surface area contributed by atoms with Crippen molar-refractivity contribution in [2.24, 2.45) is 0 Å². The number of hydrogen-bond acceptors (Lipinski definition) is 5. The predicted octanol–water partition coefficient (Wildman–Crippen LogP) is 2.10. The van der Waals surface area contributed by atoms with Gasteiger partial charge in [0.25, 0.3) is 5.91 Å². The number of carbonyl (C=O) groups is 3. The molecular weight excluding hydrogens is 360 g/mol. The van der Waals surface area contributed by atoms with Gasteiger partial charge in [-0.2, -0.15) is 0 Å². The van der Waals surface area contributed by atoms with Crippen molar-refractivity contribution in [2.45, 2.75) is 19.8 Å². The number of amides is 2. The summed E-state index contributed by atoms with van der Waals surface area (Å²) in [4.78, 5) is 35.0. The van der Waals surface area contributed by atoms with Gasteiger partial charge in [-0.1, -0.05) is 18.2 Å². The Bertz CT molecular complexity index is 818. The highest BCUT2D eigenvalue weighted by molar-refractivity contribution is 5.94. The van der Waals surface area contributed by atoms with Gasteiger partial charge in [0, 0.05) is 32.0 Å². The number of benzene rings is 2. The Hall–Kier alpha value is -3.35. The Morgan fingerprint density at radius 2 is 1.64 bits per heavy atom. The first-order valence-corrected chi connectivity index (χ1v) is 8.94. The molecular formula is C21H24N2O5. The number of ether oxygens (including phenoxy) is 2. The molecule has 7 heteroatoms. The molecule has 0 fully saturated rings. The molecule has 0 aromatic heterocycles. The van der Waals surface area contributed by atoms with Crippen molar-refractivity contribution < 1.29 is 23.9 Å². The van der Waals surface area contributed by atoms with Crippen LogP contribution in [0.4, 0.5) is 0 Å². The molecule has 2 aromatic carbocycles. The lowest BCUT2D eigenvalue weighted by Crippen LogP contribution is -2.34. The summed E-state index contributed by atoms with van der Waals surface area (Å²) in [6.07, 6.45) is 0.996. The second-order valence-electron chi connectivity index (χ2n) is 6.08. The number of nitrogens with one attached hydrogen (secondary N) is 2. The zero-order valence-electron chi connectivity index (χ0n) is 16.0. The van der Waals surface area contributed by atoms with Crippen molar-refractivity contribution in [3.05, 3.63) is 59.7 Å². The molecule has 0 unspecified atom stereocenters. The summed E-state index contributed by atoms with van der Waals surface area (Å²) in [5, 5.41) is 5.49. The summed E-state index contributed by atoms with van der Waals surface area (Å²) >= 11 is 0. The van der Waals surface area contributed by atoms with Crippen LogP contribution in [0.2, 0.25) is 0 Å². The zero-order chi connectivity index (χ0) is 20.4. The van der Waals surface area contributed by atoms with E-state index in [0.717, 1.165) is 11.3 Å². The SMILES string of the molecule is COc1ccc(CCC(=O)NCCNC(=O)c2cccc(OC(C)=O)c2)cc1. The monoisotopic (exact) mass is 384 g/mol. The Labute approximate surface area is 164 Å². The number of methoxy groups -OCH3 is 1. The van der Waals surface area contributed by atoms with Crippen molar-refractivity contribution in [3.8, 4) is 11.5 Å². The normalized spacial score (nSPS) is 10.1. The molecule has 2 N–H and O–H groups in total. The fourth-order valence-corrected chi connectivity index (χ4v) is 2.49. The van der Waals surface area contributed by atoms with Crippen LogP contribution in [0.15, 0.2) is 48.5 Å². The van der Waals surface area contributed by atoms with Crippen molar-refractivity contribution in [1.82, 2.24) is 10.6 Å². The topological polar surface area (TPSA) is 93.7 Å². The second kappa shape index (κ2) is 10.7. The maximum atomic E-state index is 12.1. The first kappa shape index (κ1) is 21.0. The van der Waals surface area contributed by atoms with Crippen LogP contribution in [0.3, 0.4) is 0 Å². The van der Waals surface area contributed by atoms with Gasteiger partial charge in [0.2, 0.25) is 5.91 Å². The summed E-state index contributed by atoms with van der Waals surface area (Å²) in [7, 11) is 1.61. The van der Waals surface area contributed by atoms with Crippen molar-refractivity contribution in [3.63, 3.8) is 0 Å². The Morgan fingerprint density at radius 3 is 2.32 bits per heavy atom. The summed E-state index contributed by atoms with van der Waals surface area (Å²) < 4.78 is 10.1. The van der Waals surface area contributed by atoms with E-state index in [1.54, 1.807) is 25.3 Å². The van der Waals surface area contributed by atoms with Gasteiger partial charge in [-0.05, 0) is 42.3 Å². The van der Waals surface area contributed by atoms with E-state index in [1.165, 1.54) is 13.0 Å². The van der Waals surface area contributed by atoms with E-state index in [2.05, 4.69) is 10.6 Å². The average molecular weight is 384 g/mol. The Balaban J connectivity index is 1.68. The number of carbonyl (C=O) groups excluding carboxylic acids is 3. The van der Waals surface area contributed by atoms with Gasteiger partial charge < -0.3 is 20.1 Å². The van der Waals surface area contributed by atoms with Crippen LogP contribution in [0.5, 0.6) is 11.5 Å². The molecule has 0 spiro atoms. The molecule has 0 heterocycles. The molecule has 7 nitrogen and oxygen atoms in total. The molecule has 148 valence electrons. The van der Waals surface area contributed by atoms with E-state index in [4.69, 9.17) is 9.47 Å². The molecule has 2 rings (SSSR count).